The Kier molecular flexibility index (Phi) is 6.17. The summed E-state index contributed by atoms with van der Waals surface area (Å²) in [5, 5.41) is 50.0. The molecule has 0 aliphatic carbocycles. The van der Waals surface area contributed by atoms with Crippen molar-refractivity contribution in [2.24, 2.45) is 0 Å². The normalized spacial score (nSPS) is 28.8. The van der Waals surface area contributed by atoms with E-state index in [1.165, 1.54) is 0 Å². The van der Waals surface area contributed by atoms with Crippen LogP contribution in [0.3, 0.4) is 0 Å². The van der Waals surface area contributed by atoms with E-state index in [1.807, 2.05) is 24.3 Å². The fourth-order valence-electron chi connectivity index (χ4n) is 3.16. The fourth-order valence-corrected chi connectivity index (χ4v) is 3.16. The van der Waals surface area contributed by atoms with Crippen molar-refractivity contribution >= 4 is 16.7 Å². The van der Waals surface area contributed by atoms with Gasteiger partial charge in [0.1, 0.15) is 24.1 Å². The second-order valence-electron chi connectivity index (χ2n) is 7.08. The molecule has 0 amide bonds. The summed E-state index contributed by atoms with van der Waals surface area (Å²) in [6, 6.07) is 11.0. The van der Waals surface area contributed by atoms with Crippen LogP contribution in [0.25, 0.3) is 10.8 Å². The molecular formula is C20H24O8. The molecule has 2 aromatic carbocycles. The Labute approximate surface area is 161 Å². The number of carbonyl (C=O) groups is 1. The molecule has 1 unspecified atom stereocenters. The lowest BCUT2D eigenvalue weighted by atomic mass is 9.99. The van der Waals surface area contributed by atoms with E-state index in [0.717, 1.165) is 22.8 Å². The monoisotopic (exact) mass is 392 g/mol. The van der Waals surface area contributed by atoms with Crippen LogP contribution in [0.1, 0.15) is 18.9 Å². The summed E-state index contributed by atoms with van der Waals surface area (Å²) in [6.45, 7) is 1.75. The lowest BCUT2D eigenvalue weighted by Gasteiger charge is -2.38. The van der Waals surface area contributed by atoms with Gasteiger partial charge in [0, 0.05) is 0 Å². The molecule has 1 fully saturated rings. The van der Waals surface area contributed by atoms with Crippen LogP contribution in [-0.2, 0) is 16.0 Å². The van der Waals surface area contributed by atoms with Gasteiger partial charge in [0.05, 0.1) is 6.10 Å². The first kappa shape index (κ1) is 20.5. The number of benzene rings is 2. The number of aliphatic hydroxyl groups is 4. The van der Waals surface area contributed by atoms with Crippen LogP contribution in [0, 0.1) is 0 Å². The molecule has 0 saturated carbocycles. The molecule has 6 atom stereocenters. The number of aryl methyl sites for hydroxylation is 1. The first-order chi connectivity index (χ1) is 13.3. The Balaban J connectivity index is 1.76. The zero-order valence-corrected chi connectivity index (χ0v) is 15.3. The van der Waals surface area contributed by atoms with E-state index >= 15 is 0 Å². The van der Waals surface area contributed by atoms with Gasteiger partial charge in [-0.25, -0.2) is 4.79 Å². The van der Waals surface area contributed by atoms with Crippen LogP contribution < -0.4 is 4.74 Å². The van der Waals surface area contributed by atoms with Gasteiger partial charge in [0.2, 0.25) is 6.29 Å². The lowest BCUT2D eigenvalue weighted by molar-refractivity contribution is -0.271. The summed E-state index contributed by atoms with van der Waals surface area (Å²) in [7, 11) is 0. The van der Waals surface area contributed by atoms with Crippen molar-refractivity contribution in [2.75, 3.05) is 0 Å². The van der Waals surface area contributed by atoms with Gasteiger partial charge in [-0.3, -0.25) is 0 Å². The summed E-state index contributed by atoms with van der Waals surface area (Å²) in [5.74, 6) is -1.14. The van der Waals surface area contributed by atoms with Crippen molar-refractivity contribution in [3.63, 3.8) is 0 Å². The van der Waals surface area contributed by atoms with E-state index in [-0.39, 0.29) is 6.10 Å². The van der Waals surface area contributed by atoms with E-state index in [0.29, 0.717) is 12.2 Å². The zero-order chi connectivity index (χ0) is 20.4. The van der Waals surface area contributed by atoms with Gasteiger partial charge in [-0.1, -0.05) is 24.3 Å². The molecule has 3 rings (SSSR count). The average Bonchev–Trinajstić information content (AvgIpc) is 2.66. The maximum Gasteiger partial charge on any atom is 0.335 e. The molecule has 0 bridgehead atoms. The zero-order valence-electron chi connectivity index (χ0n) is 15.3. The maximum atomic E-state index is 11.2. The largest absolute Gasteiger partial charge is 0.479 e. The van der Waals surface area contributed by atoms with E-state index in [1.54, 1.807) is 19.1 Å². The minimum atomic E-state index is -1.76. The second-order valence-corrected chi connectivity index (χ2v) is 7.08. The molecule has 0 radical (unpaired) electrons. The number of carboxylic acids is 1. The number of ether oxygens (including phenoxy) is 2. The molecule has 8 heteroatoms. The van der Waals surface area contributed by atoms with Crippen molar-refractivity contribution in [3.8, 4) is 5.75 Å². The minimum absolute atomic E-state index is 0.320. The van der Waals surface area contributed by atoms with Crippen molar-refractivity contribution in [1.29, 1.82) is 0 Å². The molecular weight excluding hydrogens is 368 g/mol. The first-order valence-corrected chi connectivity index (χ1v) is 9.06. The SMILES string of the molecule is CC(O)CCc1ccc2cc(O[C@@H]3O[C@H](C(=O)O)[C@@H](O)[C@H](O)[C@H]3O)ccc2c1. The van der Waals surface area contributed by atoms with E-state index in [4.69, 9.17) is 14.6 Å². The quantitative estimate of drug-likeness (QED) is 0.477. The van der Waals surface area contributed by atoms with Crippen molar-refractivity contribution in [2.45, 2.75) is 56.6 Å². The minimum Gasteiger partial charge on any atom is -0.479 e. The molecule has 28 heavy (non-hydrogen) atoms. The molecule has 8 nitrogen and oxygen atoms in total. The second kappa shape index (κ2) is 8.42. The number of aliphatic carboxylic acids is 1. The Morgan fingerprint density at radius 1 is 1.07 bits per heavy atom. The van der Waals surface area contributed by atoms with E-state index in [2.05, 4.69) is 0 Å². The predicted octanol–water partition coefficient (Wildman–Crippen LogP) is 0.424. The topological polar surface area (TPSA) is 137 Å². The summed E-state index contributed by atoms with van der Waals surface area (Å²) in [4.78, 5) is 11.2. The Bertz CT molecular complexity index is 836. The smallest absolute Gasteiger partial charge is 0.335 e. The summed E-state index contributed by atoms with van der Waals surface area (Å²) >= 11 is 0. The van der Waals surface area contributed by atoms with Gasteiger partial charge < -0.3 is 35.0 Å². The summed E-state index contributed by atoms with van der Waals surface area (Å²) in [5.41, 5.74) is 1.09. The summed E-state index contributed by atoms with van der Waals surface area (Å²) < 4.78 is 10.7. The number of hydrogen-bond donors (Lipinski definition) is 5. The fraction of sp³-hybridized carbons (Fsp3) is 0.450. The number of rotatable bonds is 6. The number of fused-ring (bicyclic) bond motifs is 1. The molecule has 2 aromatic rings. The number of hydrogen-bond acceptors (Lipinski definition) is 7. The van der Waals surface area contributed by atoms with Crippen molar-refractivity contribution in [3.05, 3.63) is 42.0 Å². The van der Waals surface area contributed by atoms with Crippen LogP contribution in [-0.4, -0.2) is 68.3 Å². The lowest BCUT2D eigenvalue weighted by Crippen LogP contribution is -2.61. The Hall–Kier alpha value is -2.23. The summed E-state index contributed by atoms with van der Waals surface area (Å²) in [6.07, 6.45) is -7.17. The third-order valence-corrected chi connectivity index (χ3v) is 4.79. The number of carboxylic acid groups (broad SMARTS) is 1. The van der Waals surface area contributed by atoms with Gasteiger partial charge >= 0.3 is 5.97 Å². The molecule has 1 aliphatic rings. The molecule has 1 heterocycles. The molecule has 0 aromatic heterocycles. The highest BCUT2D eigenvalue weighted by atomic mass is 16.7. The highest BCUT2D eigenvalue weighted by Crippen LogP contribution is 2.27. The molecule has 0 spiro atoms. The predicted molar refractivity (Wildman–Crippen MR) is 98.9 cm³/mol. The van der Waals surface area contributed by atoms with Crippen LogP contribution >= 0.6 is 0 Å². The number of aliphatic hydroxyl groups excluding tert-OH is 4. The van der Waals surface area contributed by atoms with Crippen molar-refractivity contribution in [1.82, 2.24) is 0 Å². The van der Waals surface area contributed by atoms with Gasteiger partial charge in [-0.2, -0.15) is 0 Å². The van der Waals surface area contributed by atoms with Crippen LogP contribution in [0.2, 0.25) is 0 Å². The molecule has 1 saturated heterocycles. The molecule has 5 N–H and O–H groups in total. The standard InChI is InChI=1S/C20H24O8/c1-10(21)2-3-11-4-5-13-9-14(7-6-12(13)8-11)27-20-17(24)15(22)16(23)18(28-20)19(25)26/h4-10,15-18,20-24H,2-3H2,1H3,(H,25,26)/t10?,15-,16-,17+,18-,20+/m0/s1. The van der Waals surface area contributed by atoms with E-state index in [9.17, 15) is 25.2 Å². The van der Waals surface area contributed by atoms with Crippen molar-refractivity contribution < 1.29 is 39.8 Å². The molecule has 1 aliphatic heterocycles. The van der Waals surface area contributed by atoms with Crippen LogP contribution in [0.5, 0.6) is 5.75 Å². The Morgan fingerprint density at radius 2 is 1.75 bits per heavy atom. The molecule has 152 valence electrons. The highest BCUT2D eigenvalue weighted by Gasteiger charge is 2.48. The third kappa shape index (κ3) is 4.43. The van der Waals surface area contributed by atoms with Gasteiger partial charge in [0.15, 0.2) is 6.10 Å². The highest BCUT2D eigenvalue weighted by molar-refractivity contribution is 5.84. The first-order valence-electron chi connectivity index (χ1n) is 9.06. The van der Waals surface area contributed by atoms with Crippen LogP contribution in [0.4, 0.5) is 0 Å². The van der Waals surface area contributed by atoms with Gasteiger partial charge in [0.25, 0.3) is 0 Å². The van der Waals surface area contributed by atoms with Crippen LogP contribution in [0.15, 0.2) is 36.4 Å². The Morgan fingerprint density at radius 3 is 2.43 bits per heavy atom. The third-order valence-electron chi connectivity index (χ3n) is 4.79. The van der Waals surface area contributed by atoms with Gasteiger partial charge in [-0.15, -0.1) is 0 Å². The maximum absolute atomic E-state index is 11.2. The average molecular weight is 392 g/mol. The van der Waals surface area contributed by atoms with Gasteiger partial charge in [-0.05, 0) is 48.2 Å². The van der Waals surface area contributed by atoms with E-state index < -0.39 is 36.7 Å².